The van der Waals surface area contributed by atoms with E-state index < -0.39 is 11.9 Å². The van der Waals surface area contributed by atoms with Gasteiger partial charge in [0.15, 0.2) is 0 Å². The molecule has 0 spiro atoms. The van der Waals surface area contributed by atoms with Gasteiger partial charge in [-0.15, -0.1) is 0 Å². The van der Waals surface area contributed by atoms with Crippen molar-refractivity contribution < 1.29 is 23.8 Å². The lowest BCUT2D eigenvalue weighted by Gasteiger charge is -2.10. The summed E-state index contributed by atoms with van der Waals surface area (Å²) >= 11 is 0. The van der Waals surface area contributed by atoms with Crippen LogP contribution in [0, 0.1) is 0 Å². The van der Waals surface area contributed by atoms with Gasteiger partial charge in [0.2, 0.25) is 0 Å². The molecule has 0 aromatic heterocycles. The van der Waals surface area contributed by atoms with Gasteiger partial charge in [0.1, 0.15) is 11.3 Å². The summed E-state index contributed by atoms with van der Waals surface area (Å²) in [5.74, 6) is -1.01. The summed E-state index contributed by atoms with van der Waals surface area (Å²) in [6.07, 6.45) is 0. The molecule has 0 amide bonds. The average Bonchev–Trinajstić information content (AvgIpc) is 2.36. The van der Waals surface area contributed by atoms with E-state index in [9.17, 15) is 9.59 Å². The number of methoxy groups -OCH3 is 3. The fourth-order valence-corrected chi connectivity index (χ4v) is 1.32. The van der Waals surface area contributed by atoms with Gasteiger partial charge in [-0.1, -0.05) is 0 Å². The molecule has 0 aliphatic carbocycles. The Morgan fingerprint density at radius 2 is 1.53 bits per heavy atom. The maximum atomic E-state index is 11.5. The zero-order chi connectivity index (χ0) is 13.0. The number of nitrogens with two attached hydrogens (primary N) is 1. The Hall–Kier alpha value is -2.24. The standard InChI is InChI=1S/C11H13NO5/c1-15-9-5-8(12)6(10(13)16-2)4-7(9)11(14)17-3/h4-5H,12H2,1-3H3. The highest BCUT2D eigenvalue weighted by molar-refractivity contribution is 6.01. The molecule has 0 fully saturated rings. The molecule has 0 radical (unpaired) electrons. The van der Waals surface area contributed by atoms with Crippen LogP contribution in [0.2, 0.25) is 0 Å². The summed E-state index contributed by atoms with van der Waals surface area (Å²) in [6.45, 7) is 0. The van der Waals surface area contributed by atoms with Crippen LogP contribution in [0.4, 0.5) is 5.69 Å². The smallest absolute Gasteiger partial charge is 0.341 e. The molecule has 1 aromatic carbocycles. The summed E-state index contributed by atoms with van der Waals surface area (Å²) in [4.78, 5) is 22.9. The van der Waals surface area contributed by atoms with Crippen molar-refractivity contribution >= 4 is 17.6 Å². The normalized spacial score (nSPS) is 9.59. The van der Waals surface area contributed by atoms with E-state index in [1.165, 1.54) is 33.5 Å². The van der Waals surface area contributed by atoms with E-state index in [-0.39, 0.29) is 22.6 Å². The van der Waals surface area contributed by atoms with Crippen molar-refractivity contribution in [1.82, 2.24) is 0 Å². The SMILES string of the molecule is COC(=O)c1cc(C(=O)OC)c(OC)cc1N. The van der Waals surface area contributed by atoms with Crippen LogP contribution in [-0.2, 0) is 9.47 Å². The summed E-state index contributed by atoms with van der Waals surface area (Å²) < 4.78 is 14.1. The van der Waals surface area contributed by atoms with Crippen molar-refractivity contribution in [3.05, 3.63) is 23.3 Å². The Labute approximate surface area is 98.3 Å². The summed E-state index contributed by atoms with van der Waals surface area (Å²) in [5, 5.41) is 0. The number of ether oxygens (including phenoxy) is 3. The zero-order valence-electron chi connectivity index (χ0n) is 9.77. The summed E-state index contributed by atoms with van der Waals surface area (Å²) in [6, 6.07) is 2.66. The molecule has 0 atom stereocenters. The largest absolute Gasteiger partial charge is 0.496 e. The second-order valence-corrected chi connectivity index (χ2v) is 3.12. The molecule has 6 nitrogen and oxygen atoms in total. The minimum Gasteiger partial charge on any atom is -0.496 e. The fourth-order valence-electron chi connectivity index (χ4n) is 1.32. The van der Waals surface area contributed by atoms with Gasteiger partial charge in [-0.2, -0.15) is 0 Å². The van der Waals surface area contributed by atoms with Crippen LogP contribution in [0.15, 0.2) is 12.1 Å². The molecular weight excluding hydrogens is 226 g/mol. The lowest BCUT2D eigenvalue weighted by atomic mass is 10.1. The molecule has 0 aliphatic heterocycles. The summed E-state index contributed by atoms with van der Waals surface area (Å²) in [5.41, 5.74) is 6.03. The van der Waals surface area contributed by atoms with Gasteiger partial charge in [-0.3, -0.25) is 0 Å². The van der Waals surface area contributed by atoms with E-state index in [0.717, 1.165) is 0 Å². The quantitative estimate of drug-likeness (QED) is 0.621. The lowest BCUT2D eigenvalue weighted by Crippen LogP contribution is -2.11. The van der Waals surface area contributed by atoms with Gasteiger partial charge in [-0.25, -0.2) is 9.59 Å². The van der Waals surface area contributed by atoms with E-state index in [4.69, 9.17) is 10.5 Å². The molecule has 0 saturated carbocycles. The first kappa shape index (κ1) is 12.8. The van der Waals surface area contributed by atoms with Gasteiger partial charge in [-0.05, 0) is 6.07 Å². The number of hydrogen-bond acceptors (Lipinski definition) is 6. The Kier molecular flexibility index (Phi) is 3.92. The number of hydrogen-bond donors (Lipinski definition) is 1. The third-order valence-electron chi connectivity index (χ3n) is 2.18. The minimum atomic E-state index is -0.629. The molecule has 1 rings (SSSR count). The molecule has 2 N–H and O–H groups in total. The zero-order valence-corrected chi connectivity index (χ0v) is 9.77. The molecule has 92 valence electrons. The Balaban J connectivity index is 3.37. The highest BCUT2D eigenvalue weighted by Crippen LogP contribution is 2.26. The second-order valence-electron chi connectivity index (χ2n) is 3.12. The van der Waals surface area contributed by atoms with Crippen molar-refractivity contribution in [3.8, 4) is 5.75 Å². The minimum absolute atomic E-state index is 0.0914. The van der Waals surface area contributed by atoms with Crippen LogP contribution >= 0.6 is 0 Å². The van der Waals surface area contributed by atoms with Crippen LogP contribution in [0.25, 0.3) is 0 Å². The fraction of sp³-hybridized carbons (Fsp3) is 0.273. The van der Waals surface area contributed by atoms with Gasteiger partial charge < -0.3 is 19.9 Å². The Morgan fingerprint density at radius 3 is 2.00 bits per heavy atom. The number of benzene rings is 1. The van der Waals surface area contributed by atoms with Gasteiger partial charge in [0, 0.05) is 11.8 Å². The molecule has 17 heavy (non-hydrogen) atoms. The van der Waals surface area contributed by atoms with Crippen molar-refractivity contribution in [2.75, 3.05) is 27.1 Å². The van der Waals surface area contributed by atoms with E-state index >= 15 is 0 Å². The number of carbonyl (C=O) groups is 2. The van der Waals surface area contributed by atoms with Gasteiger partial charge in [0.05, 0.1) is 26.9 Å². The molecule has 1 aromatic rings. The molecular formula is C11H13NO5. The Morgan fingerprint density at radius 1 is 1.00 bits per heavy atom. The monoisotopic (exact) mass is 239 g/mol. The molecule has 6 heteroatoms. The molecule has 0 bridgehead atoms. The molecule has 0 heterocycles. The average molecular weight is 239 g/mol. The maximum Gasteiger partial charge on any atom is 0.341 e. The molecule has 0 aliphatic rings. The van der Waals surface area contributed by atoms with Crippen molar-refractivity contribution in [2.24, 2.45) is 0 Å². The van der Waals surface area contributed by atoms with E-state index in [2.05, 4.69) is 9.47 Å². The van der Waals surface area contributed by atoms with E-state index in [1.54, 1.807) is 0 Å². The topological polar surface area (TPSA) is 87.9 Å². The van der Waals surface area contributed by atoms with E-state index in [0.29, 0.717) is 0 Å². The molecule has 0 unspecified atom stereocenters. The van der Waals surface area contributed by atoms with Gasteiger partial charge >= 0.3 is 11.9 Å². The third kappa shape index (κ3) is 2.47. The number of rotatable bonds is 3. The van der Waals surface area contributed by atoms with Crippen molar-refractivity contribution in [2.45, 2.75) is 0 Å². The van der Waals surface area contributed by atoms with Gasteiger partial charge in [0.25, 0.3) is 0 Å². The van der Waals surface area contributed by atoms with Crippen LogP contribution < -0.4 is 10.5 Å². The number of esters is 2. The van der Waals surface area contributed by atoms with Crippen LogP contribution in [0.1, 0.15) is 20.7 Å². The van der Waals surface area contributed by atoms with Crippen molar-refractivity contribution in [3.63, 3.8) is 0 Å². The van der Waals surface area contributed by atoms with Crippen molar-refractivity contribution in [1.29, 1.82) is 0 Å². The number of carbonyl (C=O) groups excluding carboxylic acids is 2. The maximum absolute atomic E-state index is 11.5. The highest BCUT2D eigenvalue weighted by Gasteiger charge is 2.19. The first-order valence-corrected chi connectivity index (χ1v) is 4.69. The predicted octanol–water partition coefficient (Wildman–Crippen LogP) is 0.851. The van der Waals surface area contributed by atoms with Crippen LogP contribution in [0.5, 0.6) is 5.75 Å². The number of nitrogen functional groups attached to an aromatic ring is 1. The highest BCUT2D eigenvalue weighted by atomic mass is 16.5. The third-order valence-corrected chi connectivity index (χ3v) is 2.18. The van der Waals surface area contributed by atoms with Crippen LogP contribution in [0.3, 0.4) is 0 Å². The number of anilines is 1. The first-order valence-electron chi connectivity index (χ1n) is 4.69. The lowest BCUT2D eigenvalue weighted by molar-refractivity contribution is 0.0596. The summed E-state index contributed by atoms with van der Waals surface area (Å²) in [7, 11) is 3.85. The second kappa shape index (κ2) is 5.20. The molecule has 0 saturated heterocycles. The van der Waals surface area contributed by atoms with Crippen LogP contribution in [-0.4, -0.2) is 33.3 Å². The first-order chi connectivity index (χ1) is 8.04. The van der Waals surface area contributed by atoms with E-state index in [1.807, 2.05) is 0 Å². The Bertz CT molecular complexity index is 455. The predicted molar refractivity (Wildman–Crippen MR) is 60.1 cm³/mol.